The van der Waals surface area contributed by atoms with Crippen molar-refractivity contribution in [1.29, 1.82) is 0 Å². The predicted octanol–water partition coefficient (Wildman–Crippen LogP) is 3.65. The van der Waals surface area contributed by atoms with Gasteiger partial charge in [0.05, 0.1) is 7.11 Å². The third kappa shape index (κ3) is 3.30. The van der Waals surface area contributed by atoms with Gasteiger partial charge in [-0.2, -0.15) is 0 Å². The molecule has 134 valence electrons. The van der Waals surface area contributed by atoms with Gasteiger partial charge in [-0.3, -0.25) is 9.88 Å². The Hall–Kier alpha value is -2.79. The molecule has 4 rings (SSSR count). The molecule has 0 saturated carbocycles. The second-order valence-electron chi connectivity index (χ2n) is 6.49. The van der Waals surface area contributed by atoms with Crippen molar-refractivity contribution in [2.75, 3.05) is 27.4 Å². The van der Waals surface area contributed by atoms with Crippen molar-refractivity contribution >= 4 is 10.8 Å². The summed E-state index contributed by atoms with van der Waals surface area (Å²) >= 11 is 0. The van der Waals surface area contributed by atoms with Gasteiger partial charge in [0.25, 0.3) is 0 Å². The SMILES string of the molecule is COc1cc2c(cc1CN(C)Cc1cccc3cnccc13)OCCO2. The van der Waals surface area contributed by atoms with Crippen LogP contribution in [0, 0.1) is 0 Å². The van der Waals surface area contributed by atoms with Gasteiger partial charge in [-0.15, -0.1) is 0 Å². The number of ether oxygens (including phenoxy) is 3. The lowest BCUT2D eigenvalue weighted by atomic mass is 10.1. The molecule has 5 heteroatoms. The van der Waals surface area contributed by atoms with Crippen molar-refractivity contribution in [3.05, 3.63) is 59.9 Å². The third-order valence-corrected chi connectivity index (χ3v) is 4.60. The smallest absolute Gasteiger partial charge is 0.165 e. The number of nitrogens with zero attached hydrogens (tertiary/aromatic N) is 2. The monoisotopic (exact) mass is 350 g/mol. The molecule has 3 aromatic rings. The lowest BCUT2D eigenvalue weighted by Gasteiger charge is -2.23. The van der Waals surface area contributed by atoms with E-state index in [1.165, 1.54) is 10.9 Å². The van der Waals surface area contributed by atoms with E-state index >= 15 is 0 Å². The minimum Gasteiger partial charge on any atom is -0.496 e. The van der Waals surface area contributed by atoms with Crippen molar-refractivity contribution in [2.45, 2.75) is 13.1 Å². The zero-order valence-electron chi connectivity index (χ0n) is 15.1. The van der Waals surface area contributed by atoms with E-state index in [0.717, 1.165) is 41.3 Å². The van der Waals surface area contributed by atoms with Crippen LogP contribution in [0.4, 0.5) is 0 Å². The van der Waals surface area contributed by atoms with E-state index in [1.807, 2.05) is 24.5 Å². The number of hydrogen-bond acceptors (Lipinski definition) is 5. The first kappa shape index (κ1) is 16.7. The molecule has 0 fully saturated rings. The van der Waals surface area contributed by atoms with Crippen LogP contribution in [0.1, 0.15) is 11.1 Å². The van der Waals surface area contributed by atoms with Gasteiger partial charge in [-0.25, -0.2) is 0 Å². The highest BCUT2D eigenvalue weighted by Gasteiger charge is 2.17. The Bertz CT molecular complexity index is 921. The quantitative estimate of drug-likeness (QED) is 0.703. The highest BCUT2D eigenvalue weighted by molar-refractivity contribution is 5.84. The largest absolute Gasteiger partial charge is 0.496 e. The van der Waals surface area contributed by atoms with Gasteiger partial charge in [-0.05, 0) is 30.1 Å². The highest BCUT2D eigenvalue weighted by atomic mass is 16.6. The molecule has 0 saturated heterocycles. The van der Waals surface area contributed by atoms with Gasteiger partial charge in [0.2, 0.25) is 0 Å². The van der Waals surface area contributed by atoms with E-state index in [9.17, 15) is 0 Å². The van der Waals surface area contributed by atoms with E-state index < -0.39 is 0 Å². The Morgan fingerprint density at radius 2 is 1.81 bits per heavy atom. The maximum atomic E-state index is 5.72. The van der Waals surface area contributed by atoms with Crippen LogP contribution >= 0.6 is 0 Å². The van der Waals surface area contributed by atoms with Crippen LogP contribution in [0.5, 0.6) is 17.2 Å². The number of fused-ring (bicyclic) bond motifs is 2. The van der Waals surface area contributed by atoms with Crippen molar-refractivity contribution in [3.63, 3.8) is 0 Å². The maximum absolute atomic E-state index is 5.72. The summed E-state index contributed by atoms with van der Waals surface area (Å²) < 4.78 is 16.9. The molecule has 1 aliphatic rings. The van der Waals surface area contributed by atoms with Crippen molar-refractivity contribution < 1.29 is 14.2 Å². The molecule has 0 amide bonds. The Kier molecular flexibility index (Phi) is 4.63. The number of rotatable bonds is 5. The maximum Gasteiger partial charge on any atom is 0.165 e. The fraction of sp³-hybridized carbons (Fsp3) is 0.286. The summed E-state index contributed by atoms with van der Waals surface area (Å²) in [5.74, 6) is 2.36. The molecular weight excluding hydrogens is 328 g/mol. The number of methoxy groups -OCH3 is 1. The standard InChI is InChI=1S/C21H22N2O3/c1-23(13-16-5-3-4-15-12-22-7-6-18(15)16)14-17-10-20-21(11-19(17)24-2)26-9-8-25-20/h3-7,10-12H,8-9,13-14H2,1-2H3. The lowest BCUT2D eigenvalue weighted by molar-refractivity contribution is 0.170. The molecule has 0 aliphatic carbocycles. The minimum atomic E-state index is 0.575. The van der Waals surface area contributed by atoms with E-state index in [1.54, 1.807) is 7.11 Å². The molecule has 0 N–H and O–H groups in total. The van der Waals surface area contributed by atoms with Gasteiger partial charge in [0.1, 0.15) is 19.0 Å². The third-order valence-electron chi connectivity index (χ3n) is 4.60. The molecule has 1 aromatic heterocycles. The predicted molar refractivity (Wildman–Crippen MR) is 101 cm³/mol. The first-order chi connectivity index (χ1) is 12.7. The second-order valence-corrected chi connectivity index (χ2v) is 6.49. The summed E-state index contributed by atoms with van der Waals surface area (Å²) in [5.41, 5.74) is 2.37. The summed E-state index contributed by atoms with van der Waals surface area (Å²) in [5, 5.41) is 2.40. The van der Waals surface area contributed by atoms with Crippen LogP contribution in [-0.2, 0) is 13.1 Å². The number of hydrogen-bond donors (Lipinski definition) is 0. The Balaban J connectivity index is 1.57. The van der Waals surface area contributed by atoms with Crippen LogP contribution in [0.25, 0.3) is 10.8 Å². The summed E-state index contributed by atoms with van der Waals surface area (Å²) in [7, 11) is 3.79. The molecule has 0 unspecified atom stereocenters. The summed E-state index contributed by atoms with van der Waals surface area (Å²) in [6, 6.07) is 12.4. The average Bonchev–Trinajstić information content (AvgIpc) is 2.67. The first-order valence-electron chi connectivity index (χ1n) is 8.71. The average molecular weight is 350 g/mol. The van der Waals surface area contributed by atoms with Gasteiger partial charge in [0.15, 0.2) is 11.5 Å². The van der Waals surface area contributed by atoms with Gasteiger partial charge in [-0.1, -0.05) is 18.2 Å². The molecule has 0 bridgehead atoms. The summed E-state index contributed by atoms with van der Waals surface area (Å²) in [6.07, 6.45) is 3.75. The van der Waals surface area contributed by atoms with Crippen molar-refractivity contribution in [1.82, 2.24) is 9.88 Å². The molecule has 2 heterocycles. The van der Waals surface area contributed by atoms with Crippen LogP contribution in [0.3, 0.4) is 0 Å². The van der Waals surface area contributed by atoms with Gasteiger partial charge in [0, 0.05) is 42.5 Å². The van der Waals surface area contributed by atoms with E-state index in [0.29, 0.717) is 13.2 Å². The molecule has 5 nitrogen and oxygen atoms in total. The van der Waals surface area contributed by atoms with Crippen molar-refractivity contribution in [3.8, 4) is 17.2 Å². The summed E-state index contributed by atoms with van der Waals surface area (Å²) in [4.78, 5) is 6.48. The number of benzene rings is 2. The lowest BCUT2D eigenvalue weighted by Crippen LogP contribution is -2.19. The van der Waals surface area contributed by atoms with Crippen LogP contribution < -0.4 is 14.2 Å². The van der Waals surface area contributed by atoms with Gasteiger partial charge < -0.3 is 14.2 Å². The second kappa shape index (κ2) is 7.22. The molecule has 0 radical (unpaired) electrons. The van der Waals surface area contributed by atoms with Gasteiger partial charge >= 0.3 is 0 Å². The highest BCUT2D eigenvalue weighted by Crippen LogP contribution is 2.37. The summed E-state index contributed by atoms with van der Waals surface area (Å²) in [6.45, 7) is 2.74. The topological polar surface area (TPSA) is 43.8 Å². The molecule has 1 aliphatic heterocycles. The zero-order chi connectivity index (χ0) is 17.9. The first-order valence-corrected chi connectivity index (χ1v) is 8.71. The van der Waals surface area contributed by atoms with Crippen LogP contribution in [-0.4, -0.2) is 37.3 Å². The zero-order valence-corrected chi connectivity index (χ0v) is 15.1. The van der Waals surface area contributed by atoms with E-state index in [2.05, 4.69) is 41.2 Å². The fourth-order valence-electron chi connectivity index (χ4n) is 3.39. The van der Waals surface area contributed by atoms with E-state index in [-0.39, 0.29) is 0 Å². The Labute approximate surface area is 153 Å². The molecule has 0 spiro atoms. The molecule has 2 aromatic carbocycles. The van der Waals surface area contributed by atoms with E-state index in [4.69, 9.17) is 14.2 Å². The van der Waals surface area contributed by atoms with Crippen molar-refractivity contribution in [2.24, 2.45) is 0 Å². The number of pyridine rings is 1. The van der Waals surface area contributed by atoms with Crippen LogP contribution in [0.15, 0.2) is 48.8 Å². The molecule has 0 atom stereocenters. The minimum absolute atomic E-state index is 0.575. The fourth-order valence-corrected chi connectivity index (χ4v) is 3.39. The number of aromatic nitrogens is 1. The normalized spacial score (nSPS) is 13.2. The van der Waals surface area contributed by atoms with Crippen LogP contribution in [0.2, 0.25) is 0 Å². The Morgan fingerprint density at radius 1 is 1.04 bits per heavy atom. The molecular formula is C21H22N2O3. The molecule has 26 heavy (non-hydrogen) atoms. The Morgan fingerprint density at radius 3 is 2.62 bits per heavy atom.